The first-order chi connectivity index (χ1) is 23.5. The number of benzene rings is 5. The van der Waals surface area contributed by atoms with Gasteiger partial charge < -0.3 is 13.6 Å². The van der Waals surface area contributed by atoms with Crippen LogP contribution in [-0.2, 0) is 6.18 Å². The van der Waals surface area contributed by atoms with Gasteiger partial charge in [-0.25, -0.2) is 15.0 Å². The van der Waals surface area contributed by atoms with Crippen molar-refractivity contribution in [2.24, 2.45) is 15.0 Å². The van der Waals surface area contributed by atoms with E-state index in [1.807, 2.05) is 112 Å². The number of hydrogen-bond acceptors (Lipinski definition) is 4. The summed E-state index contributed by atoms with van der Waals surface area (Å²) in [5.41, 5.74) is 3.81. The summed E-state index contributed by atoms with van der Waals surface area (Å²) in [5.74, 6) is 2.32. The van der Waals surface area contributed by atoms with E-state index < -0.39 is 18.9 Å². The van der Waals surface area contributed by atoms with Gasteiger partial charge in [0.2, 0.25) is 0 Å². The van der Waals surface area contributed by atoms with Gasteiger partial charge >= 0.3 is 13.4 Å². The van der Waals surface area contributed by atoms with Gasteiger partial charge in [-0.3, -0.25) is 0 Å². The lowest BCUT2D eigenvalue weighted by atomic mass is 9.89. The second-order valence-electron chi connectivity index (χ2n) is 11.9. The van der Waals surface area contributed by atoms with E-state index in [1.165, 1.54) is 0 Å². The van der Waals surface area contributed by atoms with Gasteiger partial charge in [0.05, 0.1) is 16.6 Å². The fourth-order valence-corrected chi connectivity index (χ4v) is 7.19. The van der Waals surface area contributed by atoms with E-state index in [0.29, 0.717) is 34.3 Å². The Morgan fingerprint density at radius 1 is 0.562 bits per heavy atom. The van der Waals surface area contributed by atoms with Gasteiger partial charge in [0.25, 0.3) is 0 Å². The zero-order valence-corrected chi connectivity index (χ0v) is 25.0. The Kier molecular flexibility index (Phi) is 5.45. The van der Waals surface area contributed by atoms with E-state index in [1.54, 1.807) is 12.1 Å². The normalized spacial score (nSPS) is 14.5. The summed E-state index contributed by atoms with van der Waals surface area (Å²) in [6.45, 7) is 0. The van der Waals surface area contributed by atoms with Crippen molar-refractivity contribution in [2.45, 2.75) is 6.18 Å². The van der Waals surface area contributed by atoms with Crippen molar-refractivity contribution in [3.63, 3.8) is 0 Å². The highest BCUT2D eigenvalue weighted by atomic mass is 19.4. The molecule has 0 radical (unpaired) electrons. The van der Waals surface area contributed by atoms with E-state index in [9.17, 15) is 13.2 Å². The second kappa shape index (κ2) is 9.68. The molecule has 0 unspecified atom stereocenters. The minimum Gasteiger partial charge on any atom is -0.523 e. The van der Waals surface area contributed by atoms with Gasteiger partial charge in [-0.2, -0.15) is 13.2 Å². The topological polar surface area (TPSA) is 56.2 Å². The summed E-state index contributed by atoms with van der Waals surface area (Å²) in [5, 5.41) is 4.28. The number of aromatic nitrogens is 2. The average molecular weight is 631 g/mol. The van der Waals surface area contributed by atoms with Crippen molar-refractivity contribution in [2.75, 3.05) is 0 Å². The van der Waals surface area contributed by atoms with E-state index in [2.05, 4.69) is 0 Å². The summed E-state index contributed by atoms with van der Waals surface area (Å²) < 4.78 is 52.4. The molecule has 0 atom stereocenters. The van der Waals surface area contributed by atoms with Gasteiger partial charge in [0.1, 0.15) is 17.1 Å². The molecule has 0 saturated heterocycles. The minimum absolute atomic E-state index is 0.528. The molecule has 0 saturated carbocycles. The lowest BCUT2D eigenvalue weighted by Gasteiger charge is -2.27. The molecule has 48 heavy (non-hydrogen) atoms. The highest BCUT2D eigenvalue weighted by Gasteiger charge is 2.42. The van der Waals surface area contributed by atoms with Crippen LogP contribution < -0.4 is 15.5 Å². The summed E-state index contributed by atoms with van der Waals surface area (Å²) >= 11 is 0. The standard InChI is InChI=1S/C38H21BF3N5O/c40-38(41,42)23-20-18-22(19-21-23)31-32-25-12-4-8-16-29(25)36-44-34-27-14-6-7-15-28(27)35(43-34)45-37-30-17-9-5-13-26(30)33(31)47(37)39(46(32)36)48-24-10-2-1-3-11-24/h1-21H. The number of hydrogen-bond donors (Lipinski definition) is 0. The molecule has 7 aromatic rings. The molecule has 0 amide bonds. The summed E-state index contributed by atoms with van der Waals surface area (Å²) in [7, 11) is -0.797. The first-order valence-corrected chi connectivity index (χ1v) is 15.5. The summed E-state index contributed by atoms with van der Waals surface area (Å²) in [6, 6.07) is 38.8. The van der Waals surface area contributed by atoms with Crippen molar-refractivity contribution >= 4 is 51.8 Å². The molecule has 228 valence electrons. The smallest absolute Gasteiger partial charge is 0.523 e. The molecule has 5 aromatic carbocycles. The third-order valence-corrected chi connectivity index (χ3v) is 9.23. The molecule has 6 nitrogen and oxygen atoms in total. The van der Waals surface area contributed by atoms with Crippen LogP contribution in [0.2, 0.25) is 0 Å². The number of alkyl halides is 3. The third-order valence-electron chi connectivity index (χ3n) is 9.23. The van der Waals surface area contributed by atoms with Crippen molar-refractivity contribution in [3.05, 3.63) is 166 Å². The Balaban J connectivity index is 1.45. The lowest BCUT2D eigenvalue weighted by Crippen LogP contribution is -2.54. The molecular weight excluding hydrogens is 610 g/mol. The fraction of sp³-hybridized carbons (Fsp3) is 0.0263. The molecule has 0 N–H and O–H groups in total. The van der Waals surface area contributed by atoms with Crippen molar-refractivity contribution in [1.29, 1.82) is 0 Å². The minimum atomic E-state index is -4.47. The lowest BCUT2D eigenvalue weighted by molar-refractivity contribution is -0.137. The predicted octanol–water partition coefficient (Wildman–Crippen LogP) is 7.11. The Morgan fingerprint density at radius 3 is 1.88 bits per heavy atom. The van der Waals surface area contributed by atoms with E-state index in [4.69, 9.17) is 19.6 Å². The average Bonchev–Trinajstić information content (AvgIpc) is 3.74. The number of para-hydroxylation sites is 1. The van der Waals surface area contributed by atoms with Gasteiger partial charge in [0.15, 0.2) is 11.7 Å². The van der Waals surface area contributed by atoms with Crippen molar-refractivity contribution in [1.82, 2.24) is 8.96 Å². The molecule has 10 heteroatoms. The molecule has 0 aliphatic carbocycles. The monoisotopic (exact) mass is 631 g/mol. The Labute approximate surface area is 271 Å². The van der Waals surface area contributed by atoms with Gasteiger partial charge in [0, 0.05) is 38.2 Å². The molecule has 10 rings (SSSR count). The van der Waals surface area contributed by atoms with Crippen LogP contribution in [0.25, 0.3) is 27.1 Å². The first-order valence-electron chi connectivity index (χ1n) is 15.5. The Morgan fingerprint density at radius 2 is 1.17 bits per heavy atom. The van der Waals surface area contributed by atoms with Crippen LogP contribution in [0.1, 0.15) is 27.9 Å². The molecule has 2 aromatic heterocycles. The Bertz CT molecular complexity index is 2690. The largest absolute Gasteiger partial charge is 0.630 e. The number of amidine groups is 2. The van der Waals surface area contributed by atoms with Crippen LogP contribution in [0.3, 0.4) is 0 Å². The van der Waals surface area contributed by atoms with Crippen LogP contribution in [-0.4, -0.2) is 27.8 Å². The molecule has 3 aliphatic rings. The van der Waals surface area contributed by atoms with Crippen LogP contribution in [0.5, 0.6) is 5.75 Å². The fourth-order valence-electron chi connectivity index (χ4n) is 7.19. The zero-order chi connectivity index (χ0) is 32.1. The number of aliphatic imine (C=N–C) groups is 2. The number of nitrogens with zero attached hydrogens (tertiary/aromatic N) is 5. The molecule has 0 spiro atoms. The number of rotatable bonds is 3. The SMILES string of the molecule is FC(F)(F)c1ccc(C2=c3c4ccccc4c4n3B(Oc3ccccc3)n3c(c5ccccc5c32)N=C2N=C(N=4)c3ccccc32)cc1. The molecule has 4 bridgehead atoms. The van der Waals surface area contributed by atoms with Crippen molar-refractivity contribution in [3.8, 4) is 5.75 Å². The highest BCUT2D eigenvalue weighted by Crippen LogP contribution is 2.42. The molecule has 3 aliphatic heterocycles. The summed E-state index contributed by atoms with van der Waals surface area (Å²) in [4.78, 5) is 15.5. The zero-order valence-electron chi connectivity index (χ0n) is 25.0. The van der Waals surface area contributed by atoms with Gasteiger partial charge in [-0.15, -0.1) is 0 Å². The second-order valence-corrected chi connectivity index (χ2v) is 11.9. The predicted molar refractivity (Wildman–Crippen MR) is 181 cm³/mol. The third kappa shape index (κ3) is 3.74. The first kappa shape index (κ1) is 27.0. The van der Waals surface area contributed by atoms with Gasteiger partial charge in [-0.1, -0.05) is 103 Å². The molecular formula is C38H21BF3N5O. The van der Waals surface area contributed by atoms with Crippen LogP contribution in [0.15, 0.2) is 142 Å². The van der Waals surface area contributed by atoms with Crippen LogP contribution >= 0.6 is 0 Å². The molecule has 0 fully saturated rings. The van der Waals surface area contributed by atoms with E-state index >= 15 is 0 Å². The van der Waals surface area contributed by atoms with E-state index in [0.717, 1.165) is 61.4 Å². The maximum absolute atomic E-state index is 13.8. The van der Waals surface area contributed by atoms with Crippen LogP contribution in [0.4, 0.5) is 19.0 Å². The van der Waals surface area contributed by atoms with Crippen molar-refractivity contribution < 1.29 is 17.8 Å². The maximum atomic E-state index is 13.8. The van der Waals surface area contributed by atoms with Crippen LogP contribution in [0, 0.1) is 0 Å². The van der Waals surface area contributed by atoms with E-state index in [-0.39, 0.29) is 0 Å². The Hall–Kier alpha value is -6.16. The molecule has 5 heterocycles. The van der Waals surface area contributed by atoms with Gasteiger partial charge in [-0.05, 0) is 29.8 Å². The highest BCUT2D eigenvalue weighted by molar-refractivity contribution is 6.52. The number of halogens is 3. The maximum Gasteiger partial charge on any atom is 0.630 e. The summed E-state index contributed by atoms with van der Waals surface area (Å²) in [6.07, 6.45) is -4.47. The quantitative estimate of drug-likeness (QED) is 0.192. The number of fused-ring (bicyclic) bond motifs is 10.